The quantitative estimate of drug-likeness (QED) is 0.792. The fourth-order valence-corrected chi connectivity index (χ4v) is 2.46. The van der Waals surface area contributed by atoms with E-state index in [-0.39, 0.29) is 5.92 Å². The molecule has 1 aromatic rings. The molecule has 0 aromatic heterocycles. The summed E-state index contributed by atoms with van der Waals surface area (Å²) in [7, 11) is 1.70. The second-order valence-corrected chi connectivity index (χ2v) is 4.63. The molecule has 2 atom stereocenters. The number of rotatable bonds is 4. The Morgan fingerprint density at radius 3 is 2.76 bits per heavy atom. The molecule has 0 spiro atoms. The molecule has 1 fully saturated rings. The van der Waals surface area contributed by atoms with E-state index in [1.165, 1.54) is 5.56 Å². The summed E-state index contributed by atoms with van der Waals surface area (Å²) in [5, 5.41) is 9.11. The smallest absolute Gasteiger partial charge is 0.0673 e. The van der Waals surface area contributed by atoms with Crippen molar-refractivity contribution in [1.82, 2.24) is 4.90 Å². The molecule has 1 heterocycles. The topological polar surface area (TPSA) is 36.3 Å². The van der Waals surface area contributed by atoms with Gasteiger partial charge in [-0.25, -0.2) is 0 Å². The summed E-state index contributed by atoms with van der Waals surface area (Å²) in [6.45, 7) is 3.43. The van der Waals surface area contributed by atoms with Crippen molar-refractivity contribution in [2.24, 2.45) is 11.8 Å². The molecule has 1 aliphatic heterocycles. The Labute approximate surface area is 103 Å². The van der Waals surface area contributed by atoms with Crippen LogP contribution in [0.15, 0.2) is 30.3 Å². The average molecular weight is 230 g/mol. The monoisotopic (exact) mass is 230 g/mol. The standard InChI is InChI=1S/C14H18N2O/c1-17-11-14-10-16(9-13(14)7-15)8-12-5-3-2-4-6-12/h2-6,13-14H,8-11H2,1H3. The van der Waals surface area contributed by atoms with Crippen LogP contribution < -0.4 is 0 Å². The van der Waals surface area contributed by atoms with Crippen molar-refractivity contribution in [2.75, 3.05) is 26.8 Å². The first-order valence-electron chi connectivity index (χ1n) is 5.98. The SMILES string of the molecule is COCC1CN(Cc2ccccc2)CC1C#N. The summed E-state index contributed by atoms with van der Waals surface area (Å²) < 4.78 is 5.18. The highest BCUT2D eigenvalue weighted by Crippen LogP contribution is 2.24. The van der Waals surface area contributed by atoms with Crippen LogP contribution in [0.5, 0.6) is 0 Å². The molecule has 0 bridgehead atoms. The predicted octanol–water partition coefficient (Wildman–Crippen LogP) is 1.90. The minimum atomic E-state index is 0.110. The number of hydrogen-bond acceptors (Lipinski definition) is 3. The Kier molecular flexibility index (Phi) is 4.13. The largest absolute Gasteiger partial charge is 0.384 e. The zero-order valence-electron chi connectivity index (χ0n) is 10.2. The van der Waals surface area contributed by atoms with Crippen LogP contribution >= 0.6 is 0 Å². The van der Waals surface area contributed by atoms with E-state index in [2.05, 4.69) is 35.2 Å². The van der Waals surface area contributed by atoms with Gasteiger partial charge in [0.1, 0.15) is 0 Å². The van der Waals surface area contributed by atoms with Crippen LogP contribution in [0.2, 0.25) is 0 Å². The van der Waals surface area contributed by atoms with Crippen LogP contribution in [-0.2, 0) is 11.3 Å². The van der Waals surface area contributed by atoms with Gasteiger partial charge in [-0.05, 0) is 5.56 Å². The third-order valence-electron chi connectivity index (χ3n) is 3.31. The number of benzene rings is 1. The molecule has 2 rings (SSSR count). The van der Waals surface area contributed by atoms with Crippen LogP contribution in [0.1, 0.15) is 5.56 Å². The van der Waals surface area contributed by atoms with Gasteiger partial charge in [-0.3, -0.25) is 4.90 Å². The molecule has 0 amide bonds. The Bertz CT molecular complexity index is 385. The first-order chi connectivity index (χ1) is 8.33. The van der Waals surface area contributed by atoms with Crippen molar-refractivity contribution in [3.05, 3.63) is 35.9 Å². The maximum atomic E-state index is 9.11. The number of likely N-dealkylation sites (tertiary alicyclic amines) is 1. The number of ether oxygens (including phenoxy) is 1. The fourth-order valence-electron chi connectivity index (χ4n) is 2.46. The summed E-state index contributed by atoms with van der Waals surface area (Å²) >= 11 is 0. The van der Waals surface area contributed by atoms with E-state index in [1.807, 2.05) is 6.07 Å². The van der Waals surface area contributed by atoms with E-state index in [9.17, 15) is 0 Å². The van der Waals surface area contributed by atoms with Gasteiger partial charge in [0.05, 0.1) is 18.6 Å². The third kappa shape index (κ3) is 3.06. The molecule has 1 aromatic carbocycles. The summed E-state index contributed by atoms with van der Waals surface area (Å²) in [4.78, 5) is 2.34. The first kappa shape index (κ1) is 12.1. The molecule has 90 valence electrons. The van der Waals surface area contributed by atoms with E-state index < -0.39 is 0 Å². The van der Waals surface area contributed by atoms with Crippen molar-refractivity contribution in [3.8, 4) is 6.07 Å². The van der Waals surface area contributed by atoms with Gasteiger partial charge in [0.25, 0.3) is 0 Å². The zero-order valence-corrected chi connectivity index (χ0v) is 10.2. The molecular weight excluding hydrogens is 212 g/mol. The van der Waals surface area contributed by atoms with E-state index in [0.29, 0.717) is 12.5 Å². The van der Waals surface area contributed by atoms with E-state index in [1.54, 1.807) is 7.11 Å². The van der Waals surface area contributed by atoms with E-state index in [4.69, 9.17) is 10.00 Å². The molecule has 1 saturated heterocycles. The van der Waals surface area contributed by atoms with E-state index >= 15 is 0 Å². The van der Waals surface area contributed by atoms with Gasteiger partial charge in [0, 0.05) is 32.7 Å². The first-order valence-corrected chi connectivity index (χ1v) is 5.98. The lowest BCUT2D eigenvalue weighted by molar-refractivity contribution is 0.145. The average Bonchev–Trinajstić information content (AvgIpc) is 2.73. The second kappa shape index (κ2) is 5.81. The molecule has 0 saturated carbocycles. The van der Waals surface area contributed by atoms with Crippen molar-refractivity contribution in [2.45, 2.75) is 6.54 Å². The molecule has 0 N–H and O–H groups in total. The summed E-state index contributed by atoms with van der Waals surface area (Å²) in [6, 6.07) is 12.8. The number of nitriles is 1. The second-order valence-electron chi connectivity index (χ2n) is 4.63. The fraction of sp³-hybridized carbons (Fsp3) is 0.500. The summed E-state index contributed by atoms with van der Waals surface area (Å²) in [5.74, 6) is 0.465. The highest BCUT2D eigenvalue weighted by molar-refractivity contribution is 5.15. The van der Waals surface area contributed by atoms with Crippen molar-refractivity contribution in [1.29, 1.82) is 5.26 Å². The lowest BCUT2D eigenvalue weighted by Crippen LogP contribution is -2.21. The van der Waals surface area contributed by atoms with Crippen molar-refractivity contribution in [3.63, 3.8) is 0 Å². The van der Waals surface area contributed by atoms with Gasteiger partial charge in [0.2, 0.25) is 0 Å². The van der Waals surface area contributed by atoms with Gasteiger partial charge >= 0.3 is 0 Å². The van der Waals surface area contributed by atoms with Gasteiger partial charge in [0.15, 0.2) is 0 Å². The van der Waals surface area contributed by atoms with Crippen LogP contribution in [0, 0.1) is 23.2 Å². The molecule has 3 nitrogen and oxygen atoms in total. The van der Waals surface area contributed by atoms with Crippen molar-refractivity contribution < 1.29 is 4.74 Å². The molecule has 0 radical (unpaired) electrons. The zero-order chi connectivity index (χ0) is 12.1. The Hall–Kier alpha value is -1.37. The Morgan fingerprint density at radius 1 is 1.35 bits per heavy atom. The lowest BCUT2D eigenvalue weighted by atomic mass is 9.99. The molecule has 0 aliphatic carbocycles. The predicted molar refractivity (Wildman–Crippen MR) is 66.2 cm³/mol. The summed E-state index contributed by atoms with van der Waals surface area (Å²) in [6.07, 6.45) is 0. The van der Waals surface area contributed by atoms with Crippen LogP contribution in [0.25, 0.3) is 0 Å². The van der Waals surface area contributed by atoms with Crippen LogP contribution in [-0.4, -0.2) is 31.7 Å². The Balaban J connectivity index is 1.94. The van der Waals surface area contributed by atoms with Gasteiger partial charge in [-0.1, -0.05) is 30.3 Å². The van der Waals surface area contributed by atoms with Gasteiger partial charge in [-0.15, -0.1) is 0 Å². The minimum absolute atomic E-state index is 0.110. The van der Waals surface area contributed by atoms with Crippen LogP contribution in [0.4, 0.5) is 0 Å². The third-order valence-corrected chi connectivity index (χ3v) is 3.31. The van der Waals surface area contributed by atoms with Crippen LogP contribution in [0.3, 0.4) is 0 Å². The lowest BCUT2D eigenvalue weighted by Gasteiger charge is -2.15. The number of nitrogens with zero attached hydrogens (tertiary/aromatic N) is 2. The molecular formula is C14H18N2O. The molecule has 3 heteroatoms. The normalized spacial score (nSPS) is 24.7. The van der Waals surface area contributed by atoms with Gasteiger partial charge < -0.3 is 4.74 Å². The van der Waals surface area contributed by atoms with E-state index in [0.717, 1.165) is 19.6 Å². The Morgan fingerprint density at radius 2 is 2.12 bits per heavy atom. The van der Waals surface area contributed by atoms with Gasteiger partial charge in [-0.2, -0.15) is 5.26 Å². The molecule has 1 aliphatic rings. The maximum absolute atomic E-state index is 9.11. The molecule has 17 heavy (non-hydrogen) atoms. The van der Waals surface area contributed by atoms with Crippen molar-refractivity contribution >= 4 is 0 Å². The number of methoxy groups -OCH3 is 1. The minimum Gasteiger partial charge on any atom is -0.384 e. The maximum Gasteiger partial charge on any atom is 0.0673 e. The number of hydrogen-bond donors (Lipinski definition) is 0. The summed E-state index contributed by atoms with van der Waals surface area (Å²) in [5.41, 5.74) is 1.31. The highest BCUT2D eigenvalue weighted by Gasteiger charge is 2.32. The highest BCUT2D eigenvalue weighted by atomic mass is 16.5. The molecule has 2 unspecified atom stereocenters.